The van der Waals surface area contributed by atoms with E-state index in [4.69, 9.17) is 11.6 Å². The van der Waals surface area contributed by atoms with Gasteiger partial charge in [-0.3, -0.25) is 9.80 Å². The third-order valence-electron chi connectivity index (χ3n) is 6.39. The van der Waals surface area contributed by atoms with E-state index in [-0.39, 0.29) is 10.8 Å². The largest absolute Gasteiger partial charge is 0.296 e. The minimum Gasteiger partial charge on any atom is -0.296 e. The van der Waals surface area contributed by atoms with Gasteiger partial charge in [0.05, 0.1) is 5.02 Å². The molecule has 0 aromatic heterocycles. The van der Waals surface area contributed by atoms with E-state index in [1.807, 2.05) is 6.07 Å². The SMILES string of the molecule is CCC(c1ccccc1)N1CCC(N(CCC(C)C)Cc2ccc(F)c(Cl)c2)CC1. The van der Waals surface area contributed by atoms with Gasteiger partial charge < -0.3 is 0 Å². The van der Waals surface area contributed by atoms with Gasteiger partial charge in [-0.15, -0.1) is 0 Å². The van der Waals surface area contributed by atoms with Gasteiger partial charge in [0.25, 0.3) is 0 Å². The molecule has 3 rings (SSSR count). The summed E-state index contributed by atoms with van der Waals surface area (Å²) in [5.41, 5.74) is 2.53. The van der Waals surface area contributed by atoms with E-state index in [1.165, 1.54) is 30.9 Å². The summed E-state index contributed by atoms with van der Waals surface area (Å²) in [6.45, 7) is 11.0. The number of piperidine rings is 1. The molecule has 1 unspecified atom stereocenters. The lowest BCUT2D eigenvalue weighted by Crippen LogP contribution is -2.46. The van der Waals surface area contributed by atoms with E-state index in [0.29, 0.717) is 18.0 Å². The van der Waals surface area contributed by atoms with E-state index in [0.717, 1.165) is 38.2 Å². The summed E-state index contributed by atoms with van der Waals surface area (Å²) < 4.78 is 13.6. The van der Waals surface area contributed by atoms with E-state index in [1.54, 1.807) is 6.07 Å². The van der Waals surface area contributed by atoms with E-state index >= 15 is 0 Å². The highest BCUT2D eigenvalue weighted by atomic mass is 35.5. The van der Waals surface area contributed by atoms with Crippen molar-refractivity contribution < 1.29 is 4.39 Å². The molecule has 164 valence electrons. The molecule has 30 heavy (non-hydrogen) atoms. The Morgan fingerprint density at radius 3 is 2.40 bits per heavy atom. The predicted molar refractivity (Wildman–Crippen MR) is 125 cm³/mol. The van der Waals surface area contributed by atoms with E-state index < -0.39 is 0 Å². The van der Waals surface area contributed by atoms with Crippen molar-refractivity contribution in [3.63, 3.8) is 0 Å². The molecule has 1 heterocycles. The number of nitrogens with zero attached hydrogens (tertiary/aromatic N) is 2. The maximum atomic E-state index is 13.6. The summed E-state index contributed by atoms with van der Waals surface area (Å²) >= 11 is 6.04. The molecule has 0 bridgehead atoms. The first-order valence-electron chi connectivity index (χ1n) is 11.4. The lowest BCUT2D eigenvalue weighted by molar-refractivity contribution is 0.0744. The Kier molecular flexibility index (Phi) is 8.73. The lowest BCUT2D eigenvalue weighted by atomic mass is 9.96. The molecule has 2 aromatic rings. The zero-order valence-electron chi connectivity index (χ0n) is 18.7. The first-order chi connectivity index (χ1) is 14.5. The maximum absolute atomic E-state index is 13.6. The second kappa shape index (κ2) is 11.3. The zero-order valence-corrected chi connectivity index (χ0v) is 19.4. The molecule has 2 nitrogen and oxygen atoms in total. The number of rotatable bonds is 9. The summed E-state index contributed by atoms with van der Waals surface area (Å²) in [6.07, 6.45) is 4.67. The summed E-state index contributed by atoms with van der Waals surface area (Å²) in [4.78, 5) is 5.26. The fourth-order valence-electron chi connectivity index (χ4n) is 4.63. The van der Waals surface area contributed by atoms with Crippen molar-refractivity contribution in [2.75, 3.05) is 19.6 Å². The molecule has 4 heteroatoms. The highest BCUT2D eigenvalue weighted by molar-refractivity contribution is 6.30. The van der Waals surface area contributed by atoms with Gasteiger partial charge in [-0.05, 0) is 61.4 Å². The van der Waals surface area contributed by atoms with Gasteiger partial charge in [-0.1, -0.05) is 68.8 Å². The Morgan fingerprint density at radius 2 is 1.80 bits per heavy atom. The van der Waals surface area contributed by atoms with Crippen molar-refractivity contribution >= 4 is 11.6 Å². The molecule has 1 saturated heterocycles. The van der Waals surface area contributed by atoms with Crippen LogP contribution < -0.4 is 0 Å². The number of halogens is 2. The van der Waals surface area contributed by atoms with Crippen LogP contribution in [0, 0.1) is 11.7 Å². The molecule has 1 aliphatic heterocycles. The fourth-order valence-corrected chi connectivity index (χ4v) is 4.83. The molecule has 0 N–H and O–H groups in total. The van der Waals surface area contributed by atoms with Gasteiger partial charge in [0.1, 0.15) is 5.82 Å². The number of benzene rings is 2. The minimum absolute atomic E-state index is 0.222. The van der Waals surface area contributed by atoms with Gasteiger partial charge in [-0.25, -0.2) is 4.39 Å². The highest BCUT2D eigenvalue weighted by Gasteiger charge is 2.28. The molecule has 0 amide bonds. The predicted octanol–water partition coefficient (Wildman–Crippen LogP) is 6.94. The average molecular weight is 431 g/mol. The van der Waals surface area contributed by atoms with Crippen LogP contribution in [0.4, 0.5) is 4.39 Å². The Bertz CT molecular complexity index is 772. The van der Waals surface area contributed by atoms with Crippen LogP contribution in [-0.2, 0) is 6.54 Å². The van der Waals surface area contributed by atoms with Crippen LogP contribution in [0.2, 0.25) is 5.02 Å². The fraction of sp³-hybridized carbons (Fsp3) is 0.538. The third kappa shape index (κ3) is 6.29. The normalized spacial score (nSPS) is 17.0. The smallest absolute Gasteiger partial charge is 0.141 e. The van der Waals surface area contributed by atoms with Gasteiger partial charge in [0.2, 0.25) is 0 Å². The number of likely N-dealkylation sites (tertiary alicyclic amines) is 1. The Labute approximate surface area is 187 Å². The first-order valence-corrected chi connectivity index (χ1v) is 11.8. The van der Waals surface area contributed by atoms with Crippen molar-refractivity contribution in [1.29, 1.82) is 0 Å². The van der Waals surface area contributed by atoms with Gasteiger partial charge >= 0.3 is 0 Å². The summed E-state index contributed by atoms with van der Waals surface area (Å²) in [7, 11) is 0. The highest BCUT2D eigenvalue weighted by Crippen LogP contribution is 2.29. The number of hydrogen-bond acceptors (Lipinski definition) is 2. The Morgan fingerprint density at radius 1 is 1.10 bits per heavy atom. The molecule has 1 atom stereocenters. The zero-order chi connectivity index (χ0) is 21.5. The van der Waals surface area contributed by atoms with Crippen molar-refractivity contribution in [2.45, 2.75) is 65.1 Å². The average Bonchev–Trinajstić information content (AvgIpc) is 2.75. The second-order valence-electron chi connectivity index (χ2n) is 9.00. The van der Waals surface area contributed by atoms with Crippen LogP contribution in [0.15, 0.2) is 48.5 Å². The van der Waals surface area contributed by atoms with Crippen molar-refractivity contribution in [3.05, 3.63) is 70.5 Å². The van der Waals surface area contributed by atoms with E-state index in [2.05, 4.69) is 60.9 Å². The topological polar surface area (TPSA) is 6.48 Å². The van der Waals surface area contributed by atoms with Gasteiger partial charge in [0.15, 0.2) is 0 Å². The quantitative estimate of drug-likeness (QED) is 0.425. The second-order valence-corrected chi connectivity index (χ2v) is 9.41. The molecule has 1 aliphatic rings. The molecule has 0 saturated carbocycles. The Balaban J connectivity index is 1.65. The van der Waals surface area contributed by atoms with E-state index in [9.17, 15) is 4.39 Å². The summed E-state index contributed by atoms with van der Waals surface area (Å²) in [5.74, 6) is 0.334. The van der Waals surface area contributed by atoms with Crippen LogP contribution in [0.3, 0.4) is 0 Å². The first kappa shape index (κ1) is 23.2. The summed E-state index contributed by atoms with van der Waals surface area (Å²) in [6, 6.07) is 17.1. The molecule has 2 aromatic carbocycles. The van der Waals surface area contributed by atoms with Crippen molar-refractivity contribution in [3.8, 4) is 0 Å². The monoisotopic (exact) mass is 430 g/mol. The molecular weight excluding hydrogens is 395 g/mol. The molecule has 0 aliphatic carbocycles. The molecule has 1 fully saturated rings. The van der Waals surface area contributed by atoms with Crippen LogP contribution in [0.25, 0.3) is 0 Å². The van der Waals surface area contributed by atoms with Gasteiger partial charge in [-0.2, -0.15) is 0 Å². The Hall–Kier alpha value is -1.42. The molecular formula is C26H36ClFN2. The minimum atomic E-state index is -0.339. The third-order valence-corrected chi connectivity index (χ3v) is 6.68. The standard InChI is InChI=1S/C26H36ClFN2/c1-4-26(22-8-6-5-7-9-22)29-16-13-23(14-17-29)30(15-12-20(2)3)19-21-10-11-25(28)24(27)18-21/h5-11,18,20,23,26H,4,12-17,19H2,1-3H3. The van der Waals surface area contributed by atoms with Crippen LogP contribution >= 0.6 is 11.6 Å². The molecule has 0 radical (unpaired) electrons. The van der Waals surface area contributed by atoms with Crippen molar-refractivity contribution in [2.24, 2.45) is 5.92 Å². The number of hydrogen-bond donors (Lipinski definition) is 0. The maximum Gasteiger partial charge on any atom is 0.141 e. The lowest BCUT2D eigenvalue weighted by Gasteiger charge is -2.42. The van der Waals surface area contributed by atoms with Crippen molar-refractivity contribution in [1.82, 2.24) is 9.80 Å². The molecule has 0 spiro atoms. The van der Waals surface area contributed by atoms with Crippen LogP contribution in [-0.4, -0.2) is 35.5 Å². The van der Waals surface area contributed by atoms with Gasteiger partial charge in [0, 0.05) is 31.7 Å². The summed E-state index contributed by atoms with van der Waals surface area (Å²) in [5, 5.41) is 0.222. The van der Waals surface area contributed by atoms with Crippen LogP contribution in [0.5, 0.6) is 0 Å². The van der Waals surface area contributed by atoms with Crippen LogP contribution in [0.1, 0.15) is 63.6 Å².